The van der Waals surface area contributed by atoms with E-state index in [-0.39, 0.29) is 0 Å². The second kappa shape index (κ2) is 4.21. The molecule has 3 heteroatoms. The van der Waals surface area contributed by atoms with E-state index in [1.807, 2.05) is 19.2 Å². The van der Waals surface area contributed by atoms with Gasteiger partial charge in [0, 0.05) is 12.7 Å². The van der Waals surface area contributed by atoms with Crippen molar-refractivity contribution in [3.63, 3.8) is 0 Å². The average Bonchev–Trinajstić information content (AvgIpc) is 3.15. The molecule has 17 heavy (non-hydrogen) atoms. The van der Waals surface area contributed by atoms with Crippen molar-refractivity contribution in [2.24, 2.45) is 17.8 Å². The molecule has 2 aliphatic carbocycles. The molecule has 3 rings (SSSR count). The van der Waals surface area contributed by atoms with Gasteiger partial charge >= 0.3 is 0 Å². The van der Waals surface area contributed by atoms with Crippen LogP contribution in [0.2, 0.25) is 0 Å². The Kier molecular flexibility index (Phi) is 2.69. The summed E-state index contributed by atoms with van der Waals surface area (Å²) >= 11 is 0. The highest BCUT2D eigenvalue weighted by molar-refractivity contribution is 5.61. The van der Waals surface area contributed by atoms with Gasteiger partial charge in [0.2, 0.25) is 0 Å². The standard InChI is InChI=1S/C14H21N3/c1-9-6-13(15)14(16-7-9)17-8-12(10-2-3-10)11-4-5-11/h6-7,10-12H,2-5,8,15H2,1H3,(H,16,17). The maximum atomic E-state index is 5.97. The van der Waals surface area contributed by atoms with E-state index in [4.69, 9.17) is 5.73 Å². The number of hydrogen-bond acceptors (Lipinski definition) is 3. The number of aryl methyl sites for hydroxylation is 1. The smallest absolute Gasteiger partial charge is 0.149 e. The van der Waals surface area contributed by atoms with Crippen molar-refractivity contribution in [2.75, 3.05) is 17.6 Å². The van der Waals surface area contributed by atoms with Crippen molar-refractivity contribution >= 4 is 11.5 Å². The Morgan fingerprint density at radius 2 is 2.00 bits per heavy atom. The summed E-state index contributed by atoms with van der Waals surface area (Å²) in [5.74, 6) is 3.67. The van der Waals surface area contributed by atoms with Crippen molar-refractivity contribution in [3.8, 4) is 0 Å². The van der Waals surface area contributed by atoms with Gasteiger partial charge in [-0.15, -0.1) is 0 Å². The molecule has 0 saturated heterocycles. The lowest BCUT2D eigenvalue weighted by atomic mass is 9.98. The molecule has 0 spiro atoms. The molecular weight excluding hydrogens is 210 g/mol. The fraction of sp³-hybridized carbons (Fsp3) is 0.643. The summed E-state index contributed by atoms with van der Waals surface area (Å²) in [6.45, 7) is 3.07. The van der Waals surface area contributed by atoms with E-state index in [1.165, 1.54) is 25.7 Å². The van der Waals surface area contributed by atoms with E-state index in [2.05, 4.69) is 10.3 Å². The molecule has 0 amide bonds. The summed E-state index contributed by atoms with van der Waals surface area (Å²) in [6, 6.07) is 1.98. The first-order chi connectivity index (χ1) is 8.24. The number of aromatic nitrogens is 1. The highest BCUT2D eigenvalue weighted by atomic mass is 15.0. The third-order valence-corrected chi connectivity index (χ3v) is 4.01. The molecule has 1 heterocycles. The number of pyridine rings is 1. The number of rotatable bonds is 5. The molecule has 0 atom stereocenters. The van der Waals surface area contributed by atoms with E-state index in [0.29, 0.717) is 0 Å². The van der Waals surface area contributed by atoms with Gasteiger partial charge in [0.25, 0.3) is 0 Å². The molecule has 0 bridgehead atoms. The minimum absolute atomic E-state index is 0.773. The van der Waals surface area contributed by atoms with Crippen molar-refractivity contribution in [3.05, 3.63) is 17.8 Å². The Bertz CT molecular complexity index is 396. The molecule has 3 nitrogen and oxygen atoms in total. The topological polar surface area (TPSA) is 50.9 Å². The first-order valence-electron chi connectivity index (χ1n) is 6.70. The fourth-order valence-corrected chi connectivity index (χ4v) is 2.72. The van der Waals surface area contributed by atoms with E-state index in [9.17, 15) is 0 Å². The molecule has 0 unspecified atom stereocenters. The fourth-order valence-electron chi connectivity index (χ4n) is 2.72. The second-order valence-corrected chi connectivity index (χ2v) is 5.67. The third kappa shape index (κ3) is 2.54. The lowest BCUT2D eigenvalue weighted by molar-refractivity contribution is 0.428. The largest absolute Gasteiger partial charge is 0.396 e. The van der Waals surface area contributed by atoms with Crippen molar-refractivity contribution in [1.82, 2.24) is 4.98 Å². The maximum Gasteiger partial charge on any atom is 0.149 e. The SMILES string of the molecule is Cc1cnc(NCC(C2CC2)C2CC2)c(N)c1. The zero-order valence-corrected chi connectivity index (χ0v) is 10.4. The summed E-state index contributed by atoms with van der Waals surface area (Å²) in [5.41, 5.74) is 7.86. The predicted molar refractivity (Wildman–Crippen MR) is 70.8 cm³/mol. The van der Waals surface area contributed by atoms with Crippen LogP contribution in [0.25, 0.3) is 0 Å². The van der Waals surface area contributed by atoms with Crippen LogP contribution < -0.4 is 11.1 Å². The summed E-state index contributed by atoms with van der Waals surface area (Å²) in [4.78, 5) is 4.37. The van der Waals surface area contributed by atoms with Crippen molar-refractivity contribution in [1.29, 1.82) is 0 Å². The summed E-state index contributed by atoms with van der Waals surface area (Å²) in [7, 11) is 0. The Morgan fingerprint density at radius 3 is 2.53 bits per heavy atom. The number of nitrogens with zero attached hydrogens (tertiary/aromatic N) is 1. The Labute approximate surface area is 103 Å². The van der Waals surface area contributed by atoms with Gasteiger partial charge in [0.05, 0.1) is 5.69 Å². The van der Waals surface area contributed by atoms with Crippen LogP contribution in [-0.2, 0) is 0 Å². The molecule has 2 aliphatic rings. The Morgan fingerprint density at radius 1 is 1.35 bits per heavy atom. The van der Waals surface area contributed by atoms with E-state index < -0.39 is 0 Å². The molecule has 1 aromatic heterocycles. The molecule has 0 aromatic carbocycles. The average molecular weight is 231 g/mol. The monoisotopic (exact) mass is 231 g/mol. The summed E-state index contributed by atoms with van der Waals surface area (Å²) in [5, 5.41) is 3.45. The van der Waals surface area contributed by atoms with E-state index in [0.717, 1.165) is 41.4 Å². The van der Waals surface area contributed by atoms with Crippen LogP contribution in [0.4, 0.5) is 11.5 Å². The zero-order valence-electron chi connectivity index (χ0n) is 10.4. The first-order valence-corrected chi connectivity index (χ1v) is 6.70. The number of nitrogens with one attached hydrogen (secondary N) is 1. The highest BCUT2D eigenvalue weighted by Crippen LogP contribution is 2.49. The minimum atomic E-state index is 0.773. The van der Waals surface area contributed by atoms with Crippen LogP contribution in [0.1, 0.15) is 31.2 Å². The molecular formula is C14H21N3. The van der Waals surface area contributed by atoms with Gasteiger partial charge in [0.1, 0.15) is 5.82 Å². The van der Waals surface area contributed by atoms with Gasteiger partial charge in [-0.05, 0) is 62.0 Å². The van der Waals surface area contributed by atoms with Gasteiger partial charge < -0.3 is 11.1 Å². The predicted octanol–water partition coefficient (Wildman–Crippen LogP) is 2.82. The normalized spacial score (nSPS) is 19.6. The number of nitrogens with two attached hydrogens (primary N) is 1. The second-order valence-electron chi connectivity index (χ2n) is 5.67. The number of nitrogen functional groups attached to an aromatic ring is 1. The van der Waals surface area contributed by atoms with Crippen molar-refractivity contribution < 1.29 is 0 Å². The Balaban J connectivity index is 1.62. The maximum absolute atomic E-state index is 5.97. The molecule has 1 aromatic rings. The van der Waals surface area contributed by atoms with Crippen molar-refractivity contribution in [2.45, 2.75) is 32.6 Å². The first kappa shape index (κ1) is 10.9. The van der Waals surface area contributed by atoms with Gasteiger partial charge in [0.15, 0.2) is 0 Å². The van der Waals surface area contributed by atoms with Crippen LogP contribution in [-0.4, -0.2) is 11.5 Å². The molecule has 0 aliphatic heterocycles. The van der Waals surface area contributed by atoms with Crippen LogP contribution in [0.3, 0.4) is 0 Å². The van der Waals surface area contributed by atoms with Gasteiger partial charge in [-0.3, -0.25) is 0 Å². The minimum Gasteiger partial charge on any atom is -0.396 e. The van der Waals surface area contributed by atoms with Gasteiger partial charge in [-0.25, -0.2) is 4.98 Å². The van der Waals surface area contributed by atoms with E-state index >= 15 is 0 Å². The quantitative estimate of drug-likeness (QED) is 0.819. The molecule has 92 valence electrons. The third-order valence-electron chi connectivity index (χ3n) is 4.01. The molecule has 2 saturated carbocycles. The molecule has 3 N–H and O–H groups in total. The van der Waals surface area contributed by atoms with Crippen LogP contribution in [0.15, 0.2) is 12.3 Å². The van der Waals surface area contributed by atoms with Crippen LogP contribution >= 0.6 is 0 Å². The number of anilines is 2. The van der Waals surface area contributed by atoms with Gasteiger partial charge in [-0.2, -0.15) is 0 Å². The van der Waals surface area contributed by atoms with Crippen LogP contribution in [0, 0.1) is 24.7 Å². The summed E-state index contributed by atoms with van der Waals surface area (Å²) < 4.78 is 0. The van der Waals surface area contributed by atoms with Crippen LogP contribution in [0.5, 0.6) is 0 Å². The molecule has 2 fully saturated rings. The lowest BCUT2D eigenvalue weighted by Crippen LogP contribution is -2.19. The summed E-state index contributed by atoms with van der Waals surface area (Å²) in [6.07, 6.45) is 7.60. The lowest BCUT2D eigenvalue weighted by Gasteiger charge is -2.17. The zero-order chi connectivity index (χ0) is 11.8. The van der Waals surface area contributed by atoms with Gasteiger partial charge in [-0.1, -0.05) is 0 Å². The highest BCUT2D eigenvalue weighted by Gasteiger charge is 2.41. The molecule has 0 radical (unpaired) electrons. The van der Waals surface area contributed by atoms with E-state index in [1.54, 1.807) is 0 Å². The Hall–Kier alpha value is -1.25. The number of hydrogen-bond donors (Lipinski definition) is 2.